The van der Waals surface area contributed by atoms with Gasteiger partial charge in [0.15, 0.2) is 5.78 Å². The average molecular weight is 967 g/mol. The molecule has 4 aromatic carbocycles. The number of para-hydroxylation sites is 1. The van der Waals surface area contributed by atoms with Gasteiger partial charge in [0.1, 0.15) is 46.0 Å². The van der Waals surface area contributed by atoms with Gasteiger partial charge in [0.2, 0.25) is 0 Å². The quantitative estimate of drug-likeness (QED) is 0.168. The van der Waals surface area contributed by atoms with Crippen LogP contribution in [-0.4, -0.2) is 26.2 Å². The van der Waals surface area contributed by atoms with Gasteiger partial charge in [-0.25, -0.2) is 0 Å². The molecule has 2 radical (unpaired) electrons. The van der Waals surface area contributed by atoms with E-state index < -0.39 is 0 Å². The van der Waals surface area contributed by atoms with E-state index in [1.807, 2.05) is 37.3 Å². The summed E-state index contributed by atoms with van der Waals surface area (Å²) in [5.74, 6) is 2.64. The molecule has 0 atom stereocenters. The van der Waals surface area contributed by atoms with Gasteiger partial charge in [-0.3, -0.25) is 4.79 Å². The molecule has 0 aromatic heterocycles. The van der Waals surface area contributed by atoms with Crippen molar-refractivity contribution in [2.45, 2.75) is 39.0 Å². The molecule has 0 bridgehead atoms. The van der Waals surface area contributed by atoms with Gasteiger partial charge in [-0.15, -0.1) is 0 Å². The molecule has 4 N–H and O–H groups in total. The van der Waals surface area contributed by atoms with E-state index in [0.717, 1.165) is 28.9 Å². The topological polar surface area (TPSA) is 116 Å². The van der Waals surface area contributed by atoms with E-state index in [-0.39, 0.29) is 117 Å². The minimum absolute atomic E-state index is 0. The maximum Gasteiger partial charge on any atom is 0.162 e. The standard InChI is InChI=1S/C17H16O4.C14H12O3.2Ac/c1-2-14(19)10-4-6-16-11(7-10)3-5-13-15(20)8-12(18)9-17(13)21-16;15-10-7-12(16)11-6-5-9-3-1-2-4-13(9)17-14(11)8-10;;/h4,6-9,18,20H,2-3,5H2,1H3;1-4,7-8,15-16H,5-6H2;;. The molecule has 2 aliphatic heterocycles. The molecule has 2 heterocycles. The molecule has 4 aromatic rings. The van der Waals surface area contributed by atoms with E-state index in [0.29, 0.717) is 54.1 Å². The molecule has 0 unspecified atom stereocenters. The third kappa shape index (κ3) is 7.35. The Morgan fingerprint density at radius 1 is 0.650 bits per heavy atom. The van der Waals surface area contributed by atoms with Crippen molar-refractivity contribution in [3.63, 3.8) is 0 Å². The molecule has 6 rings (SSSR count). The van der Waals surface area contributed by atoms with Crippen molar-refractivity contribution in [3.8, 4) is 46.0 Å². The Morgan fingerprint density at radius 2 is 1.18 bits per heavy atom. The zero-order valence-corrected chi connectivity index (χ0v) is 31.5. The van der Waals surface area contributed by atoms with Crippen molar-refractivity contribution in [1.82, 2.24) is 0 Å². The van der Waals surface area contributed by atoms with E-state index in [9.17, 15) is 25.2 Å². The van der Waals surface area contributed by atoms with Gasteiger partial charge >= 0.3 is 0 Å². The number of benzene rings is 4. The van der Waals surface area contributed by atoms with Crippen LogP contribution >= 0.6 is 0 Å². The Morgan fingerprint density at radius 3 is 1.75 bits per heavy atom. The second-order valence-electron chi connectivity index (χ2n) is 9.29. The number of rotatable bonds is 2. The fourth-order valence-electron chi connectivity index (χ4n) is 4.74. The van der Waals surface area contributed by atoms with Crippen LogP contribution in [0.4, 0.5) is 0 Å². The summed E-state index contributed by atoms with van der Waals surface area (Å²) in [5.41, 5.74) is 4.15. The summed E-state index contributed by atoms with van der Waals surface area (Å²) in [6.07, 6.45) is 3.26. The van der Waals surface area contributed by atoms with E-state index in [4.69, 9.17) is 9.47 Å². The van der Waals surface area contributed by atoms with Crippen LogP contribution in [0, 0.1) is 88.1 Å². The van der Waals surface area contributed by atoms with Gasteiger partial charge < -0.3 is 29.9 Å². The number of Topliss-reactive ketones (excluding diaryl/α,β-unsaturated/α-hetero) is 1. The molecule has 200 valence electrons. The van der Waals surface area contributed by atoms with Crippen molar-refractivity contribution >= 4 is 5.78 Å². The number of ether oxygens (including phenoxy) is 2. The second kappa shape index (κ2) is 14.4. The minimum Gasteiger partial charge on any atom is -0.508 e. The third-order valence-corrected chi connectivity index (χ3v) is 6.75. The van der Waals surface area contributed by atoms with Crippen LogP contribution in [0.3, 0.4) is 0 Å². The molecule has 40 heavy (non-hydrogen) atoms. The summed E-state index contributed by atoms with van der Waals surface area (Å²) >= 11 is 0. The molecule has 0 aliphatic carbocycles. The van der Waals surface area contributed by atoms with Gasteiger partial charge in [0, 0.05) is 136 Å². The number of hydrogen-bond acceptors (Lipinski definition) is 7. The van der Waals surface area contributed by atoms with Gasteiger partial charge in [0.05, 0.1) is 0 Å². The van der Waals surface area contributed by atoms with E-state index in [1.54, 1.807) is 12.1 Å². The number of hydrogen-bond donors (Lipinski definition) is 4. The molecule has 7 nitrogen and oxygen atoms in total. The van der Waals surface area contributed by atoms with Crippen molar-refractivity contribution in [3.05, 3.63) is 94.5 Å². The number of aryl methyl sites for hydroxylation is 2. The van der Waals surface area contributed by atoms with E-state index >= 15 is 0 Å². The van der Waals surface area contributed by atoms with Crippen LogP contribution < -0.4 is 9.47 Å². The van der Waals surface area contributed by atoms with Crippen molar-refractivity contribution in [2.75, 3.05) is 0 Å². The first-order valence-corrected chi connectivity index (χ1v) is 12.5. The Labute approximate surface area is 304 Å². The largest absolute Gasteiger partial charge is 0.508 e. The van der Waals surface area contributed by atoms with Gasteiger partial charge in [-0.2, -0.15) is 0 Å². The van der Waals surface area contributed by atoms with Gasteiger partial charge in [0.25, 0.3) is 0 Å². The molecule has 0 fully saturated rings. The summed E-state index contributed by atoms with van der Waals surface area (Å²) in [6.45, 7) is 1.83. The molecule has 0 amide bonds. The smallest absolute Gasteiger partial charge is 0.162 e. The number of aromatic hydroxyl groups is 4. The van der Waals surface area contributed by atoms with Crippen LogP contribution in [0.2, 0.25) is 0 Å². The molecule has 0 spiro atoms. The van der Waals surface area contributed by atoms with Crippen LogP contribution in [0.1, 0.15) is 46.0 Å². The zero-order valence-electron chi connectivity index (χ0n) is 22.1. The maximum atomic E-state index is 11.8. The van der Waals surface area contributed by atoms with E-state index in [2.05, 4.69) is 0 Å². The minimum atomic E-state index is -0.0347. The number of carbonyl (C=O) groups is 1. The molecule has 9 heteroatoms. The first-order chi connectivity index (χ1) is 18.3. The second-order valence-corrected chi connectivity index (χ2v) is 9.29. The number of phenolic OH excluding ortho intramolecular Hbond substituents is 4. The molecule has 0 saturated carbocycles. The Balaban J connectivity index is 0.000000214. The van der Waals surface area contributed by atoms with E-state index in [1.165, 1.54) is 24.3 Å². The zero-order chi connectivity index (χ0) is 26.8. The number of phenols is 4. The van der Waals surface area contributed by atoms with Gasteiger partial charge in [-0.1, -0.05) is 25.1 Å². The summed E-state index contributed by atoms with van der Waals surface area (Å²) in [6, 6.07) is 18.8. The Kier molecular flexibility index (Phi) is 11.8. The van der Waals surface area contributed by atoms with Crippen LogP contribution in [-0.2, 0) is 25.7 Å². The first kappa shape index (κ1) is 32.7. The first-order valence-electron chi connectivity index (χ1n) is 12.5. The predicted molar refractivity (Wildman–Crippen MR) is 142 cm³/mol. The number of fused-ring (bicyclic) bond motifs is 4. The normalized spacial score (nSPS) is 12.3. The van der Waals surface area contributed by atoms with Crippen LogP contribution in [0.15, 0.2) is 66.7 Å². The fraction of sp³-hybridized carbons (Fsp3) is 0.194. The molecule has 2 aliphatic rings. The summed E-state index contributed by atoms with van der Waals surface area (Å²) in [5, 5.41) is 38.8. The molecular weight excluding hydrogens is 938 g/mol. The Hall–Kier alpha value is -1.77. The van der Waals surface area contributed by atoms with Crippen LogP contribution in [0.25, 0.3) is 0 Å². The number of ketones is 1. The summed E-state index contributed by atoms with van der Waals surface area (Å²) < 4.78 is 11.5. The molecule has 0 saturated heterocycles. The summed E-state index contributed by atoms with van der Waals surface area (Å²) in [4.78, 5) is 11.8. The fourth-order valence-corrected chi connectivity index (χ4v) is 4.74. The number of carbonyl (C=O) groups excluding carboxylic acids is 1. The van der Waals surface area contributed by atoms with Crippen molar-refractivity contribution in [2.24, 2.45) is 0 Å². The Bertz CT molecular complexity index is 1530. The van der Waals surface area contributed by atoms with Crippen LogP contribution in [0.5, 0.6) is 46.0 Å². The van der Waals surface area contributed by atoms with Gasteiger partial charge in [-0.05, 0) is 61.1 Å². The van der Waals surface area contributed by atoms with Crippen molar-refractivity contribution in [1.29, 1.82) is 0 Å². The summed E-state index contributed by atoms with van der Waals surface area (Å²) in [7, 11) is 0. The average Bonchev–Trinajstić information content (AvgIpc) is 3.19. The maximum absolute atomic E-state index is 11.8. The van der Waals surface area contributed by atoms with Crippen molar-refractivity contribution < 1.29 is 123 Å². The molecular formula is C31H28Ac2O7. The SMILES string of the molecule is CCC(=O)c1ccc2c(c1)CCc1c(O)cc(O)cc1O2.Oc1cc(O)c2c(c1)Oc1ccccc1CC2.[Ac].[Ac]. The predicted octanol–water partition coefficient (Wildman–Crippen LogP) is 6.57. The monoisotopic (exact) mass is 966 g/mol. The third-order valence-electron chi connectivity index (χ3n) is 6.75.